The Morgan fingerprint density at radius 1 is 1.05 bits per heavy atom. The number of hydrogen-bond acceptors (Lipinski definition) is 2. The van der Waals surface area contributed by atoms with Crippen LogP contribution in [0.2, 0.25) is 0 Å². The summed E-state index contributed by atoms with van der Waals surface area (Å²) in [6, 6.07) is 17.5. The Morgan fingerprint density at radius 2 is 1.76 bits per heavy atom. The highest BCUT2D eigenvalue weighted by Gasteiger charge is 2.06. The van der Waals surface area contributed by atoms with Gasteiger partial charge in [0.05, 0.1) is 4.99 Å². The monoisotopic (exact) mass is 298 g/mol. The van der Waals surface area contributed by atoms with Crippen molar-refractivity contribution in [3.63, 3.8) is 0 Å². The average molecular weight is 298 g/mol. The fourth-order valence-corrected chi connectivity index (χ4v) is 2.26. The number of nitrogens with one attached hydrogen (secondary N) is 1. The zero-order chi connectivity index (χ0) is 15.1. The molecule has 0 saturated heterocycles. The van der Waals surface area contributed by atoms with Crippen LogP contribution in [0.15, 0.2) is 54.6 Å². The van der Waals surface area contributed by atoms with Gasteiger partial charge in [-0.05, 0) is 29.7 Å². The summed E-state index contributed by atoms with van der Waals surface area (Å²) in [5.74, 6) is -0.0734. The molecule has 0 spiro atoms. The summed E-state index contributed by atoms with van der Waals surface area (Å²) in [5.41, 5.74) is 8.33. The summed E-state index contributed by atoms with van der Waals surface area (Å²) in [4.78, 5) is 12.5. The summed E-state index contributed by atoms with van der Waals surface area (Å²) in [6.45, 7) is 0.613. The zero-order valence-corrected chi connectivity index (χ0v) is 12.5. The van der Waals surface area contributed by atoms with Gasteiger partial charge in [-0.1, -0.05) is 54.7 Å². The number of hydrogen-bond donors (Lipinski definition) is 2. The third-order valence-electron chi connectivity index (χ3n) is 3.11. The van der Waals surface area contributed by atoms with Crippen LogP contribution in [0, 0.1) is 0 Å². The van der Waals surface area contributed by atoms with Crippen molar-refractivity contribution >= 4 is 23.1 Å². The van der Waals surface area contributed by atoms with Gasteiger partial charge in [-0.25, -0.2) is 0 Å². The Morgan fingerprint density at radius 3 is 2.48 bits per heavy atom. The minimum Gasteiger partial charge on any atom is -0.393 e. The zero-order valence-electron chi connectivity index (χ0n) is 11.7. The van der Waals surface area contributed by atoms with Crippen molar-refractivity contribution in [1.82, 2.24) is 5.32 Å². The lowest BCUT2D eigenvalue weighted by Crippen LogP contribution is -2.25. The van der Waals surface area contributed by atoms with Gasteiger partial charge in [-0.2, -0.15) is 0 Å². The van der Waals surface area contributed by atoms with Crippen LogP contribution in [0.4, 0.5) is 0 Å². The first-order valence-corrected chi connectivity index (χ1v) is 7.25. The molecule has 2 aromatic rings. The molecule has 3 nitrogen and oxygen atoms in total. The molecule has 0 radical (unpaired) electrons. The number of nitrogens with two attached hydrogens (primary N) is 1. The summed E-state index contributed by atoms with van der Waals surface area (Å²) in [6.07, 6.45) is 1.33. The van der Waals surface area contributed by atoms with E-state index in [0.29, 0.717) is 23.5 Å². The summed E-state index contributed by atoms with van der Waals surface area (Å²) in [5, 5.41) is 2.92. The minimum atomic E-state index is -0.0734. The predicted molar refractivity (Wildman–Crippen MR) is 89.4 cm³/mol. The molecule has 2 rings (SSSR count). The number of rotatable bonds is 6. The van der Waals surface area contributed by atoms with Gasteiger partial charge < -0.3 is 11.1 Å². The van der Waals surface area contributed by atoms with E-state index >= 15 is 0 Å². The van der Waals surface area contributed by atoms with Gasteiger partial charge in [0.2, 0.25) is 0 Å². The van der Waals surface area contributed by atoms with Gasteiger partial charge in [0, 0.05) is 18.5 Å². The van der Waals surface area contributed by atoms with Crippen molar-refractivity contribution in [2.24, 2.45) is 5.73 Å². The molecule has 4 heteroatoms. The molecule has 0 aliphatic carbocycles. The number of benzene rings is 2. The first kappa shape index (κ1) is 15.2. The van der Waals surface area contributed by atoms with Crippen LogP contribution in [0.1, 0.15) is 21.5 Å². The van der Waals surface area contributed by atoms with Gasteiger partial charge >= 0.3 is 0 Å². The van der Waals surface area contributed by atoms with Crippen LogP contribution < -0.4 is 11.1 Å². The molecule has 0 bridgehead atoms. The van der Waals surface area contributed by atoms with E-state index in [1.54, 1.807) is 6.07 Å². The molecule has 3 N–H and O–H groups in total. The van der Waals surface area contributed by atoms with Crippen LogP contribution in [-0.2, 0) is 12.8 Å². The molecule has 0 unspecified atom stereocenters. The van der Waals surface area contributed by atoms with E-state index in [1.807, 2.05) is 36.4 Å². The van der Waals surface area contributed by atoms with Crippen molar-refractivity contribution in [3.05, 3.63) is 71.3 Å². The van der Waals surface area contributed by atoms with Crippen LogP contribution in [0.3, 0.4) is 0 Å². The molecule has 1 amide bonds. The Hall–Kier alpha value is -2.20. The lowest BCUT2D eigenvalue weighted by atomic mass is 10.1. The van der Waals surface area contributed by atoms with Crippen LogP contribution >= 0.6 is 12.2 Å². The normalized spacial score (nSPS) is 10.1. The molecule has 0 heterocycles. The molecule has 0 saturated carbocycles. The van der Waals surface area contributed by atoms with Crippen LogP contribution in [0.25, 0.3) is 0 Å². The smallest absolute Gasteiger partial charge is 0.251 e. The quantitative estimate of drug-likeness (QED) is 0.806. The second-order valence-corrected chi connectivity index (χ2v) is 5.36. The standard InChI is InChI=1S/C17H18N2OS/c18-16(21)12-14-7-4-8-15(11-14)17(20)19-10-9-13-5-2-1-3-6-13/h1-8,11H,9-10,12H2,(H2,18,21)(H,19,20). The molecular formula is C17H18N2OS. The van der Waals surface area contributed by atoms with E-state index in [0.717, 1.165) is 12.0 Å². The van der Waals surface area contributed by atoms with Gasteiger partial charge in [0.25, 0.3) is 5.91 Å². The van der Waals surface area contributed by atoms with Crippen molar-refractivity contribution in [2.45, 2.75) is 12.8 Å². The molecule has 108 valence electrons. The highest BCUT2D eigenvalue weighted by molar-refractivity contribution is 7.80. The van der Waals surface area contributed by atoms with Crippen molar-refractivity contribution in [1.29, 1.82) is 0 Å². The lowest BCUT2D eigenvalue weighted by Gasteiger charge is -2.07. The van der Waals surface area contributed by atoms with E-state index in [4.69, 9.17) is 18.0 Å². The second-order valence-electron chi connectivity index (χ2n) is 4.83. The highest BCUT2D eigenvalue weighted by atomic mass is 32.1. The Balaban J connectivity index is 1.89. The van der Waals surface area contributed by atoms with Gasteiger partial charge in [0.15, 0.2) is 0 Å². The number of carbonyl (C=O) groups excluding carboxylic acids is 1. The topological polar surface area (TPSA) is 55.1 Å². The number of carbonyl (C=O) groups is 1. The molecule has 0 aliphatic rings. The maximum Gasteiger partial charge on any atom is 0.251 e. The number of amides is 1. The van der Waals surface area contributed by atoms with Crippen molar-refractivity contribution in [2.75, 3.05) is 6.54 Å². The highest BCUT2D eigenvalue weighted by Crippen LogP contribution is 2.06. The summed E-state index contributed by atoms with van der Waals surface area (Å²) in [7, 11) is 0. The van der Waals surface area contributed by atoms with Gasteiger partial charge in [-0.3, -0.25) is 4.79 Å². The predicted octanol–water partition coefficient (Wildman–Crippen LogP) is 2.49. The molecule has 0 aliphatic heterocycles. The molecule has 2 aromatic carbocycles. The fraction of sp³-hybridized carbons (Fsp3) is 0.176. The van der Waals surface area contributed by atoms with Crippen LogP contribution in [-0.4, -0.2) is 17.4 Å². The van der Waals surface area contributed by atoms with Crippen molar-refractivity contribution < 1.29 is 4.79 Å². The van der Waals surface area contributed by atoms with E-state index in [2.05, 4.69) is 17.4 Å². The summed E-state index contributed by atoms with van der Waals surface area (Å²) < 4.78 is 0. The Bertz CT molecular complexity index is 626. The Kier molecular flexibility index (Phi) is 5.46. The fourth-order valence-electron chi connectivity index (χ4n) is 2.09. The van der Waals surface area contributed by atoms with Gasteiger partial charge in [-0.15, -0.1) is 0 Å². The average Bonchev–Trinajstić information content (AvgIpc) is 2.48. The van der Waals surface area contributed by atoms with Crippen LogP contribution in [0.5, 0.6) is 0 Å². The molecule has 0 atom stereocenters. The summed E-state index contributed by atoms with van der Waals surface area (Å²) >= 11 is 4.89. The molecule has 21 heavy (non-hydrogen) atoms. The van der Waals surface area contributed by atoms with E-state index in [-0.39, 0.29) is 5.91 Å². The molecule has 0 fully saturated rings. The maximum atomic E-state index is 12.1. The third-order valence-corrected chi connectivity index (χ3v) is 3.25. The number of thiocarbonyl (C=S) groups is 1. The third kappa shape index (κ3) is 5.00. The largest absolute Gasteiger partial charge is 0.393 e. The molecule has 0 aromatic heterocycles. The second kappa shape index (κ2) is 7.55. The van der Waals surface area contributed by atoms with E-state index < -0.39 is 0 Å². The maximum absolute atomic E-state index is 12.1. The Labute approximate surface area is 130 Å². The van der Waals surface area contributed by atoms with Gasteiger partial charge in [0.1, 0.15) is 0 Å². The first-order valence-electron chi connectivity index (χ1n) is 6.84. The van der Waals surface area contributed by atoms with E-state index in [1.165, 1.54) is 5.56 Å². The minimum absolute atomic E-state index is 0.0734. The molecular weight excluding hydrogens is 280 g/mol. The van der Waals surface area contributed by atoms with E-state index in [9.17, 15) is 4.79 Å². The lowest BCUT2D eigenvalue weighted by molar-refractivity contribution is 0.0954. The SMILES string of the molecule is NC(=S)Cc1cccc(C(=O)NCCc2ccccc2)c1. The first-order chi connectivity index (χ1) is 10.1. The van der Waals surface area contributed by atoms with Crippen molar-refractivity contribution in [3.8, 4) is 0 Å².